The second-order valence-electron chi connectivity index (χ2n) is 12.9. The average molecular weight is 1140 g/mol. The van der Waals surface area contributed by atoms with Crippen molar-refractivity contribution in [3.05, 3.63) is 96.9 Å². The summed E-state index contributed by atoms with van der Waals surface area (Å²) < 4.78 is 35.5. The molecule has 13 nitrogen and oxygen atoms in total. The van der Waals surface area contributed by atoms with Crippen LogP contribution in [-0.2, 0) is 86.9 Å². The second kappa shape index (κ2) is 83.6. The van der Waals surface area contributed by atoms with Crippen LogP contribution in [0.4, 0.5) is 0 Å². The van der Waals surface area contributed by atoms with Crippen LogP contribution in [0.2, 0.25) is 0 Å². The summed E-state index contributed by atoms with van der Waals surface area (Å²) in [5.74, 6) is 0. The Labute approximate surface area is 421 Å². The maximum Gasteiger partial charge on any atom is 0.110 e. The summed E-state index contributed by atoms with van der Waals surface area (Å²) in [7, 11) is 0. The van der Waals surface area contributed by atoms with Crippen molar-refractivity contribution < 1.29 is 118 Å². The van der Waals surface area contributed by atoms with Crippen LogP contribution in [0.15, 0.2) is 96.9 Å². The van der Waals surface area contributed by atoms with Gasteiger partial charge in [-0.1, -0.05) is 107 Å². The van der Waals surface area contributed by atoms with Crippen LogP contribution in [-0.4, -0.2) is 156 Å². The quantitative estimate of drug-likeness (QED) is 0.0266. The normalized spacial score (nSPS) is 8.37. The van der Waals surface area contributed by atoms with E-state index >= 15 is 0 Å². The van der Waals surface area contributed by atoms with Crippen LogP contribution in [0, 0.1) is 0 Å². The van der Waals surface area contributed by atoms with Crippen molar-refractivity contribution in [2.24, 2.45) is 0 Å². The number of aliphatic hydroxyl groups is 6. The number of rotatable bonds is 27. The summed E-state index contributed by atoms with van der Waals surface area (Å²) in [6.07, 6.45) is 1.64. The Bertz CT molecular complexity index is 878. The zero-order chi connectivity index (χ0) is 45.7. The van der Waals surface area contributed by atoms with E-state index in [-0.39, 0.29) is 116 Å². The molecule has 0 fully saturated rings. The van der Waals surface area contributed by atoms with Crippen molar-refractivity contribution in [2.45, 2.75) is 84.6 Å². The van der Waals surface area contributed by atoms with Gasteiger partial charge in [-0.15, -0.1) is 0 Å². The van der Waals surface area contributed by atoms with Gasteiger partial charge in [0.05, 0.1) is 125 Å². The first-order valence-corrected chi connectivity index (χ1v) is 18.6. The van der Waals surface area contributed by atoms with Crippen LogP contribution in [0.25, 0.3) is 0 Å². The third kappa shape index (κ3) is 162. The molecule has 0 saturated carbocycles. The molecule has 0 aromatic rings. The van der Waals surface area contributed by atoms with E-state index in [1.807, 2.05) is 55.4 Å². The minimum absolute atomic E-state index is 0. The molecule has 0 heterocycles. The van der Waals surface area contributed by atoms with Crippen molar-refractivity contribution in [1.82, 2.24) is 0 Å². The number of aliphatic hydroxyl groups excluding tert-OH is 6. The van der Waals surface area contributed by atoms with Crippen molar-refractivity contribution in [1.29, 1.82) is 0 Å². The maximum absolute atomic E-state index is 8.22. The number of ether oxygens (including phenoxy) is 7. The van der Waals surface area contributed by atoms with E-state index < -0.39 is 0 Å². The van der Waals surface area contributed by atoms with Crippen LogP contribution < -0.4 is 0 Å². The molecule has 0 atom stereocenters. The SMILES string of the molecule is C.C.C.C=C(C)CO.C=C(C)COCCO.C=C(C)COCCO.C=C(C)COCCOCC(=C)C.C=C(C)COCCOCC(=C)C.CC(C)=COCCO.OCCO.[W].[Y]. The Morgan fingerprint density at radius 2 is 0.548 bits per heavy atom. The summed E-state index contributed by atoms with van der Waals surface area (Å²) >= 11 is 0. The first-order valence-electron chi connectivity index (χ1n) is 18.6. The Hall–Kier alpha value is -0.968. The molecule has 0 amide bonds. The van der Waals surface area contributed by atoms with Crippen LogP contribution >= 0.6 is 0 Å². The van der Waals surface area contributed by atoms with E-state index in [0.717, 1.165) is 44.6 Å². The second-order valence-corrected chi connectivity index (χ2v) is 12.9. The molecule has 0 aliphatic carbocycles. The Balaban J connectivity index is -0.0000000475. The monoisotopic (exact) mass is 1140 g/mol. The maximum atomic E-state index is 8.22. The standard InChI is InChI=1S/2C10H18O2.3C6H12O2.C4H8O.C2H6O2.3CH4.W.Y/c2*1-9(2)7-11-5-6-12-8-10(3)4;3*1-6(2)5-8-4-3-7;1-4(2)3-5;3-1-2-4;;;;;/h2*1,3,5-8H2,2,4H3;5,7H,3-4H2,1-2H3;2*7H,1,3-5H2,2H3;5H,1,3H2,2H3;3-4H,1-2H2;3*1H4;;. The van der Waals surface area contributed by atoms with Gasteiger partial charge in [-0.3, -0.25) is 0 Å². The van der Waals surface area contributed by atoms with Crippen molar-refractivity contribution in [2.75, 3.05) is 126 Å². The van der Waals surface area contributed by atoms with Gasteiger partial charge < -0.3 is 63.8 Å². The van der Waals surface area contributed by atoms with Crippen molar-refractivity contribution in [3.63, 3.8) is 0 Å². The summed E-state index contributed by atoms with van der Waals surface area (Å²) in [5.41, 5.74) is 8.04. The molecule has 0 rings (SSSR count). The molecule has 0 aromatic heterocycles. The molecule has 0 spiro atoms. The van der Waals surface area contributed by atoms with Crippen LogP contribution in [0.3, 0.4) is 0 Å². The van der Waals surface area contributed by atoms with E-state index in [1.165, 1.54) is 0 Å². The minimum atomic E-state index is -0.125. The van der Waals surface area contributed by atoms with Gasteiger partial charge in [0, 0.05) is 53.8 Å². The third-order valence-electron chi connectivity index (χ3n) is 4.20. The molecule has 0 unspecified atom stereocenters. The van der Waals surface area contributed by atoms with E-state index in [9.17, 15) is 0 Å². The summed E-state index contributed by atoms with van der Waals surface area (Å²) in [6.45, 7) is 50.2. The molecule has 62 heavy (non-hydrogen) atoms. The van der Waals surface area contributed by atoms with Gasteiger partial charge in [0.25, 0.3) is 0 Å². The molecular formula is C47H98O13WY. The average Bonchev–Trinajstić information content (AvgIpc) is 3.12. The Morgan fingerprint density at radius 3 is 0.677 bits per heavy atom. The summed E-state index contributed by atoms with van der Waals surface area (Å²) in [5, 5.41) is 48.0. The van der Waals surface area contributed by atoms with Gasteiger partial charge in [-0.25, -0.2) is 0 Å². The fraction of sp³-hybridized carbons (Fsp3) is 0.660. The number of allylic oxidation sites excluding steroid dienone is 1. The molecule has 0 aliphatic rings. The van der Waals surface area contributed by atoms with Gasteiger partial charge in [-0.05, 0) is 67.9 Å². The first-order chi connectivity index (χ1) is 26.7. The predicted octanol–water partition coefficient (Wildman–Crippen LogP) is 7.83. The van der Waals surface area contributed by atoms with Gasteiger partial charge in [0.1, 0.15) is 6.61 Å². The third-order valence-corrected chi connectivity index (χ3v) is 4.20. The smallest absolute Gasteiger partial charge is 0.110 e. The molecule has 1 radical (unpaired) electrons. The van der Waals surface area contributed by atoms with E-state index in [0.29, 0.717) is 85.9 Å². The van der Waals surface area contributed by atoms with Crippen molar-refractivity contribution >= 4 is 0 Å². The van der Waals surface area contributed by atoms with Gasteiger partial charge in [-0.2, -0.15) is 0 Å². The minimum Gasteiger partial charge on any atom is -0.499 e. The predicted molar refractivity (Wildman–Crippen MR) is 257 cm³/mol. The van der Waals surface area contributed by atoms with Crippen LogP contribution in [0.1, 0.15) is 84.6 Å². The molecule has 15 heteroatoms. The number of hydrogen-bond donors (Lipinski definition) is 6. The topological polar surface area (TPSA) is 186 Å². The molecule has 6 N–H and O–H groups in total. The number of hydrogen-bond acceptors (Lipinski definition) is 13. The first kappa shape index (κ1) is 91.5. The zero-order valence-electron chi connectivity index (χ0n) is 38.5. The summed E-state index contributed by atoms with van der Waals surface area (Å²) in [6, 6.07) is 0. The molecule has 0 aromatic carbocycles. The van der Waals surface area contributed by atoms with Crippen LogP contribution in [0.5, 0.6) is 0 Å². The zero-order valence-corrected chi connectivity index (χ0v) is 44.3. The van der Waals surface area contributed by atoms with Crippen molar-refractivity contribution in [3.8, 4) is 0 Å². The Kier molecular flexibility index (Phi) is 123. The van der Waals surface area contributed by atoms with E-state index in [1.54, 1.807) is 13.2 Å². The van der Waals surface area contributed by atoms with E-state index in [2.05, 4.69) is 46.1 Å². The van der Waals surface area contributed by atoms with E-state index in [4.69, 9.17) is 63.8 Å². The Morgan fingerprint density at radius 1 is 0.355 bits per heavy atom. The van der Waals surface area contributed by atoms with Gasteiger partial charge in [0.2, 0.25) is 0 Å². The molecule has 0 bridgehead atoms. The molecule has 0 saturated heterocycles. The molecular weight excluding hydrogens is 1050 g/mol. The van der Waals surface area contributed by atoms with Gasteiger partial charge >= 0.3 is 0 Å². The molecule has 373 valence electrons. The molecule has 0 aliphatic heterocycles. The van der Waals surface area contributed by atoms with Gasteiger partial charge in [0.15, 0.2) is 0 Å². The fourth-order valence-corrected chi connectivity index (χ4v) is 2.12. The summed E-state index contributed by atoms with van der Waals surface area (Å²) in [4.78, 5) is 0. The fourth-order valence-electron chi connectivity index (χ4n) is 2.12. The largest absolute Gasteiger partial charge is 0.499 e.